The van der Waals surface area contributed by atoms with Crippen LogP contribution >= 0.6 is 0 Å². The van der Waals surface area contributed by atoms with Crippen molar-refractivity contribution in [1.29, 1.82) is 0 Å². The van der Waals surface area contributed by atoms with E-state index in [0.717, 1.165) is 41.2 Å². The lowest BCUT2D eigenvalue weighted by Gasteiger charge is -2.35. The second-order valence-electron chi connectivity index (χ2n) is 11.6. The summed E-state index contributed by atoms with van der Waals surface area (Å²) in [4.78, 5) is 26.4. The summed E-state index contributed by atoms with van der Waals surface area (Å²) in [5.41, 5.74) is 7.83. The Morgan fingerprint density at radius 1 is 0.917 bits per heavy atom. The molecule has 6 rings (SSSR count). The monoisotopic (exact) mass is 481 g/mol. The van der Waals surface area contributed by atoms with E-state index in [2.05, 4.69) is 92.7 Å². The molecule has 2 aliphatic rings. The van der Waals surface area contributed by atoms with Crippen molar-refractivity contribution in [2.24, 2.45) is 0 Å². The van der Waals surface area contributed by atoms with Gasteiger partial charge in [0.15, 0.2) is 0 Å². The number of fused-ring (bicyclic) bond motifs is 3. The summed E-state index contributed by atoms with van der Waals surface area (Å²) in [6.45, 7) is 15.9. The topological polar surface area (TPSA) is 57.2 Å². The van der Waals surface area contributed by atoms with Crippen LogP contribution in [0.3, 0.4) is 0 Å². The Kier molecular flexibility index (Phi) is 5.16. The van der Waals surface area contributed by atoms with Gasteiger partial charge in [-0.25, -0.2) is 4.98 Å². The molecule has 2 aliphatic heterocycles. The fraction of sp³-hybridized carbons (Fsp3) is 0.400. The molecule has 0 atom stereocenters. The van der Waals surface area contributed by atoms with E-state index in [4.69, 9.17) is 4.98 Å². The van der Waals surface area contributed by atoms with Gasteiger partial charge in [-0.05, 0) is 82.0 Å². The third kappa shape index (κ3) is 3.58. The zero-order chi connectivity index (χ0) is 25.4. The van der Waals surface area contributed by atoms with E-state index in [1.807, 2.05) is 10.8 Å². The third-order valence-corrected chi connectivity index (χ3v) is 7.89. The number of hydrogen-bond acceptors (Lipinski definition) is 4. The van der Waals surface area contributed by atoms with Crippen LogP contribution in [-0.2, 0) is 19.6 Å². The predicted molar refractivity (Wildman–Crippen MR) is 147 cm³/mol. The van der Waals surface area contributed by atoms with Crippen molar-refractivity contribution in [3.8, 4) is 22.4 Å². The standard InChI is InChI=1S/C30H35N5O/c1-18(2)33-15-22-8-7-20(11-23(22)16-33)21-9-10-26-24(12-21)25(14-31-26)27-13-28(36)34-17-30(5,6)35(19(3)4)29(34)32-27/h7-14,18-19,31H,15-17H2,1-6H3. The number of aromatic amines is 1. The highest BCUT2D eigenvalue weighted by Crippen LogP contribution is 2.37. The second kappa shape index (κ2) is 8.07. The molecule has 0 amide bonds. The zero-order valence-corrected chi connectivity index (χ0v) is 22.1. The molecule has 6 nitrogen and oxygen atoms in total. The van der Waals surface area contributed by atoms with Gasteiger partial charge in [0.1, 0.15) is 0 Å². The SMILES string of the molecule is CC(C)N1Cc2ccc(-c3ccc4[nH]cc(-c5cc(=O)n6c(n5)N(C(C)C)C(C)(C)C6)c4c3)cc2C1. The molecule has 0 fully saturated rings. The molecular weight excluding hydrogens is 446 g/mol. The normalized spacial score (nSPS) is 16.9. The first-order chi connectivity index (χ1) is 17.1. The smallest absolute Gasteiger partial charge is 0.255 e. The Balaban J connectivity index is 1.42. The fourth-order valence-electron chi connectivity index (χ4n) is 6.11. The summed E-state index contributed by atoms with van der Waals surface area (Å²) in [5, 5.41) is 1.09. The maximum atomic E-state index is 13.2. The van der Waals surface area contributed by atoms with E-state index >= 15 is 0 Å². The Hall–Kier alpha value is -3.38. The fourth-order valence-corrected chi connectivity index (χ4v) is 6.11. The molecule has 1 N–H and O–H groups in total. The highest BCUT2D eigenvalue weighted by Gasteiger charge is 2.39. The van der Waals surface area contributed by atoms with Crippen molar-refractivity contribution in [2.75, 3.05) is 4.90 Å². The van der Waals surface area contributed by atoms with Gasteiger partial charge in [0.05, 0.1) is 17.8 Å². The van der Waals surface area contributed by atoms with Crippen molar-refractivity contribution in [3.63, 3.8) is 0 Å². The van der Waals surface area contributed by atoms with Crippen LogP contribution in [0.5, 0.6) is 0 Å². The van der Waals surface area contributed by atoms with Crippen LogP contribution < -0.4 is 10.5 Å². The number of nitrogens with one attached hydrogen (secondary N) is 1. The minimum Gasteiger partial charge on any atom is -0.360 e. The maximum absolute atomic E-state index is 13.2. The minimum absolute atomic E-state index is 0.00468. The highest BCUT2D eigenvalue weighted by atomic mass is 16.1. The van der Waals surface area contributed by atoms with Gasteiger partial charge in [-0.3, -0.25) is 14.3 Å². The first-order valence-electron chi connectivity index (χ1n) is 13.0. The average molecular weight is 482 g/mol. The molecule has 36 heavy (non-hydrogen) atoms. The van der Waals surface area contributed by atoms with Gasteiger partial charge in [-0.1, -0.05) is 18.2 Å². The molecule has 0 radical (unpaired) electrons. The predicted octanol–water partition coefficient (Wildman–Crippen LogP) is 5.79. The molecule has 0 saturated heterocycles. The van der Waals surface area contributed by atoms with E-state index in [1.165, 1.54) is 22.3 Å². The van der Waals surface area contributed by atoms with Gasteiger partial charge >= 0.3 is 0 Å². The average Bonchev–Trinajstić information content (AvgIpc) is 3.50. The van der Waals surface area contributed by atoms with Gasteiger partial charge in [0.25, 0.3) is 5.56 Å². The molecule has 0 saturated carbocycles. The molecule has 186 valence electrons. The lowest BCUT2D eigenvalue weighted by atomic mass is 9.98. The number of hydrogen-bond donors (Lipinski definition) is 1. The highest BCUT2D eigenvalue weighted by molar-refractivity contribution is 5.97. The summed E-state index contributed by atoms with van der Waals surface area (Å²) in [6.07, 6.45) is 1.98. The molecule has 0 unspecified atom stereocenters. The largest absolute Gasteiger partial charge is 0.360 e. The number of anilines is 1. The van der Waals surface area contributed by atoms with Crippen molar-refractivity contribution >= 4 is 16.9 Å². The summed E-state index contributed by atoms with van der Waals surface area (Å²) in [6, 6.07) is 15.9. The van der Waals surface area contributed by atoms with Crippen LogP contribution in [0.1, 0.15) is 52.7 Å². The second-order valence-corrected chi connectivity index (χ2v) is 11.6. The lowest BCUT2D eigenvalue weighted by molar-refractivity contribution is 0.227. The molecule has 2 aromatic carbocycles. The van der Waals surface area contributed by atoms with Crippen molar-refractivity contribution < 1.29 is 0 Å². The Morgan fingerprint density at radius 2 is 1.64 bits per heavy atom. The van der Waals surface area contributed by atoms with Crippen molar-refractivity contribution in [1.82, 2.24) is 19.4 Å². The van der Waals surface area contributed by atoms with Crippen LogP contribution in [-0.4, -0.2) is 37.1 Å². The summed E-state index contributed by atoms with van der Waals surface area (Å²) >= 11 is 0. The Morgan fingerprint density at radius 3 is 2.39 bits per heavy atom. The Bertz CT molecular complexity index is 1540. The lowest BCUT2D eigenvalue weighted by Crippen LogP contribution is -2.45. The summed E-state index contributed by atoms with van der Waals surface area (Å²) < 4.78 is 1.81. The van der Waals surface area contributed by atoms with E-state index in [1.54, 1.807) is 6.07 Å². The van der Waals surface area contributed by atoms with Gasteiger partial charge < -0.3 is 9.88 Å². The van der Waals surface area contributed by atoms with Crippen molar-refractivity contribution in [2.45, 2.75) is 78.8 Å². The van der Waals surface area contributed by atoms with E-state index in [-0.39, 0.29) is 17.1 Å². The number of aromatic nitrogens is 3. The van der Waals surface area contributed by atoms with Crippen LogP contribution in [0.15, 0.2) is 53.5 Å². The van der Waals surface area contributed by atoms with E-state index in [0.29, 0.717) is 12.6 Å². The molecule has 6 heteroatoms. The van der Waals surface area contributed by atoms with Crippen molar-refractivity contribution in [3.05, 3.63) is 70.1 Å². The summed E-state index contributed by atoms with van der Waals surface area (Å²) in [5.74, 6) is 0.760. The molecule has 0 spiro atoms. The third-order valence-electron chi connectivity index (χ3n) is 7.89. The zero-order valence-electron chi connectivity index (χ0n) is 22.1. The van der Waals surface area contributed by atoms with Gasteiger partial charge in [0, 0.05) is 53.9 Å². The molecule has 4 heterocycles. The number of rotatable bonds is 4. The van der Waals surface area contributed by atoms with E-state index < -0.39 is 0 Å². The minimum atomic E-state index is -0.155. The van der Waals surface area contributed by atoms with Gasteiger partial charge in [-0.15, -0.1) is 0 Å². The first-order valence-corrected chi connectivity index (χ1v) is 13.0. The van der Waals surface area contributed by atoms with Crippen LogP contribution in [0.25, 0.3) is 33.3 Å². The Labute approximate surface area is 212 Å². The number of nitrogens with zero attached hydrogens (tertiary/aromatic N) is 4. The maximum Gasteiger partial charge on any atom is 0.255 e. The van der Waals surface area contributed by atoms with E-state index in [9.17, 15) is 4.79 Å². The quantitative estimate of drug-likeness (QED) is 0.401. The molecular formula is C30H35N5O. The van der Waals surface area contributed by atoms with Gasteiger partial charge in [-0.2, -0.15) is 0 Å². The van der Waals surface area contributed by atoms with Crippen LogP contribution in [0.2, 0.25) is 0 Å². The van der Waals surface area contributed by atoms with Gasteiger partial charge in [0.2, 0.25) is 5.95 Å². The van der Waals surface area contributed by atoms with Crippen LogP contribution in [0, 0.1) is 0 Å². The number of benzene rings is 2. The molecule has 0 aliphatic carbocycles. The molecule has 2 aromatic heterocycles. The van der Waals surface area contributed by atoms with Crippen LogP contribution in [0.4, 0.5) is 5.95 Å². The molecule has 0 bridgehead atoms. The summed E-state index contributed by atoms with van der Waals surface area (Å²) in [7, 11) is 0. The molecule has 4 aromatic rings. The number of H-pyrrole nitrogens is 1. The first kappa shape index (κ1) is 23.0.